The summed E-state index contributed by atoms with van der Waals surface area (Å²) in [5.41, 5.74) is 2.03. The van der Waals surface area contributed by atoms with Gasteiger partial charge in [0.05, 0.1) is 30.6 Å². The van der Waals surface area contributed by atoms with Gasteiger partial charge in [0.15, 0.2) is 5.78 Å². The number of halogens is 2. The minimum absolute atomic E-state index is 0.219. The van der Waals surface area contributed by atoms with E-state index in [1.54, 1.807) is 49.3 Å². The molecule has 36 heavy (non-hydrogen) atoms. The zero-order valence-corrected chi connectivity index (χ0v) is 22.5. The first-order valence-corrected chi connectivity index (χ1v) is 13.0. The minimum atomic E-state index is -1.40. The van der Waals surface area contributed by atoms with Crippen molar-refractivity contribution in [3.8, 4) is 5.75 Å². The van der Waals surface area contributed by atoms with Crippen LogP contribution < -0.4 is 19.9 Å². The van der Waals surface area contributed by atoms with Gasteiger partial charge in [-0.15, -0.1) is 0 Å². The zero-order valence-electron chi connectivity index (χ0n) is 20.2. The smallest absolute Gasteiger partial charge is 0.245 e. The molecule has 0 aromatic heterocycles. The first-order chi connectivity index (χ1) is 17.3. The molecule has 2 aliphatic heterocycles. The predicted octanol–water partition coefficient (Wildman–Crippen LogP) is 5.21. The number of nitrogens with zero attached hydrogens (tertiary/aromatic N) is 2. The Labute approximate surface area is 224 Å². The van der Waals surface area contributed by atoms with Crippen LogP contribution in [0.5, 0.6) is 5.75 Å². The molecule has 0 bridgehead atoms. The molecule has 0 spiro atoms. The van der Waals surface area contributed by atoms with E-state index in [-0.39, 0.29) is 11.7 Å². The summed E-state index contributed by atoms with van der Waals surface area (Å²) in [5.74, 6) is 0.166. The van der Waals surface area contributed by atoms with Crippen molar-refractivity contribution in [3.63, 3.8) is 0 Å². The minimum Gasteiger partial charge on any atom is -0.497 e. The zero-order chi connectivity index (χ0) is 25.4. The van der Waals surface area contributed by atoms with E-state index in [0.29, 0.717) is 34.1 Å². The molecule has 0 aliphatic carbocycles. The largest absolute Gasteiger partial charge is 0.497 e. The number of Topliss-reactive ketones (excluding diaryl/α,β-unsaturated/α-hetero) is 1. The third-order valence-electron chi connectivity index (χ3n) is 7.06. The van der Waals surface area contributed by atoms with Gasteiger partial charge in [-0.25, -0.2) is 0 Å². The Kier molecular flexibility index (Phi) is 6.81. The molecular weight excluding hydrogens is 542 g/mol. The molecule has 3 aromatic carbocycles. The van der Waals surface area contributed by atoms with Crippen molar-refractivity contribution in [2.75, 3.05) is 43.1 Å². The van der Waals surface area contributed by atoms with Gasteiger partial charge in [-0.05, 0) is 54.4 Å². The number of hydrogen-bond acceptors (Lipinski definition) is 5. The topological polar surface area (TPSA) is 61.9 Å². The van der Waals surface area contributed by atoms with Gasteiger partial charge < -0.3 is 19.9 Å². The molecule has 8 heteroatoms. The van der Waals surface area contributed by atoms with Crippen LogP contribution in [0.15, 0.2) is 65.1 Å². The van der Waals surface area contributed by atoms with E-state index in [1.165, 1.54) is 0 Å². The number of piperazine rings is 1. The molecule has 2 heterocycles. The van der Waals surface area contributed by atoms with E-state index in [1.807, 2.05) is 30.3 Å². The normalized spacial score (nSPS) is 19.9. The second-order valence-corrected chi connectivity index (χ2v) is 10.6. The quantitative estimate of drug-likeness (QED) is 0.428. The first kappa shape index (κ1) is 24.8. The Hall–Kier alpha value is -2.87. The summed E-state index contributed by atoms with van der Waals surface area (Å²) < 4.78 is 6.23. The van der Waals surface area contributed by atoms with Gasteiger partial charge in [0, 0.05) is 35.7 Å². The van der Waals surface area contributed by atoms with E-state index in [9.17, 15) is 9.59 Å². The van der Waals surface area contributed by atoms with Gasteiger partial charge >= 0.3 is 0 Å². The number of hydrogen-bond donors (Lipinski definition) is 1. The molecule has 0 saturated carbocycles. The van der Waals surface area contributed by atoms with Crippen molar-refractivity contribution in [1.29, 1.82) is 0 Å². The molecule has 1 unspecified atom stereocenters. The van der Waals surface area contributed by atoms with Crippen LogP contribution in [-0.2, 0) is 16.8 Å². The van der Waals surface area contributed by atoms with E-state index in [4.69, 9.17) is 16.3 Å². The van der Waals surface area contributed by atoms with E-state index in [2.05, 4.69) is 26.1 Å². The maximum Gasteiger partial charge on any atom is 0.245 e. The lowest BCUT2D eigenvalue weighted by atomic mass is 9.71. The fraction of sp³-hybridized carbons (Fsp3) is 0.286. The number of ether oxygens (including phenoxy) is 1. The van der Waals surface area contributed by atoms with Crippen molar-refractivity contribution in [2.45, 2.75) is 18.9 Å². The second-order valence-electron chi connectivity index (χ2n) is 9.26. The summed E-state index contributed by atoms with van der Waals surface area (Å²) in [6, 6.07) is 18.6. The molecule has 1 N–H and O–H groups in total. The van der Waals surface area contributed by atoms with Crippen LogP contribution in [0.3, 0.4) is 0 Å². The monoisotopic (exact) mass is 567 g/mol. The standard InChI is InChI=1S/C28H27BrClN3O3/c1-28(19-6-8-22(36-2)9-7-19)26(34)25-23(32-12-10-31-11-13-32)15-21(30)16-24(25)33(27(28)35)17-18-4-3-5-20(29)14-18/h3-9,14-16,31H,10-13,17H2,1-2H3. The lowest BCUT2D eigenvalue weighted by Gasteiger charge is -2.42. The lowest BCUT2D eigenvalue weighted by molar-refractivity contribution is -0.122. The van der Waals surface area contributed by atoms with Crippen molar-refractivity contribution in [1.82, 2.24) is 5.32 Å². The number of rotatable bonds is 5. The van der Waals surface area contributed by atoms with Crippen molar-refractivity contribution >= 4 is 50.6 Å². The highest BCUT2D eigenvalue weighted by Gasteiger charge is 2.52. The average molecular weight is 569 g/mol. The molecule has 0 radical (unpaired) electrons. The number of nitrogens with one attached hydrogen (secondary N) is 1. The van der Waals surface area contributed by atoms with E-state index >= 15 is 0 Å². The van der Waals surface area contributed by atoms with E-state index < -0.39 is 5.41 Å². The van der Waals surface area contributed by atoms with Gasteiger partial charge in [-0.2, -0.15) is 0 Å². The third-order valence-corrected chi connectivity index (χ3v) is 7.77. The fourth-order valence-corrected chi connectivity index (χ4v) is 5.71. The second kappa shape index (κ2) is 9.88. The van der Waals surface area contributed by atoms with Crippen molar-refractivity contribution in [2.24, 2.45) is 0 Å². The number of benzene rings is 3. The Bertz CT molecular complexity index is 1320. The Morgan fingerprint density at radius 1 is 1.03 bits per heavy atom. The Morgan fingerprint density at radius 3 is 2.39 bits per heavy atom. The average Bonchev–Trinajstić information content (AvgIpc) is 2.90. The van der Waals surface area contributed by atoms with E-state index in [0.717, 1.165) is 41.9 Å². The maximum absolute atomic E-state index is 14.4. The summed E-state index contributed by atoms with van der Waals surface area (Å²) >= 11 is 10.1. The first-order valence-electron chi connectivity index (χ1n) is 11.9. The summed E-state index contributed by atoms with van der Waals surface area (Å²) in [4.78, 5) is 32.5. The number of fused-ring (bicyclic) bond motifs is 1. The Morgan fingerprint density at radius 2 is 1.72 bits per heavy atom. The van der Waals surface area contributed by atoms with Gasteiger partial charge in [0.2, 0.25) is 5.91 Å². The number of carbonyl (C=O) groups is 2. The van der Waals surface area contributed by atoms with Gasteiger partial charge in [-0.1, -0.05) is 51.8 Å². The van der Waals surface area contributed by atoms with Crippen LogP contribution in [-0.4, -0.2) is 45.0 Å². The van der Waals surface area contributed by atoms with Crippen LogP contribution in [0.2, 0.25) is 5.02 Å². The fourth-order valence-electron chi connectivity index (χ4n) is 5.06. The number of amides is 1. The molecule has 1 saturated heterocycles. The Balaban J connectivity index is 1.71. The van der Waals surface area contributed by atoms with Gasteiger partial charge in [0.25, 0.3) is 0 Å². The number of methoxy groups -OCH3 is 1. The summed E-state index contributed by atoms with van der Waals surface area (Å²) in [5, 5.41) is 3.85. The highest BCUT2D eigenvalue weighted by molar-refractivity contribution is 9.10. The molecule has 1 fully saturated rings. The molecule has 1 amide bonds. The summed E-state index contributed by atoms with van der Waals surface area (Å²) in [7, 11) is 1.59. The van der Waals surface area contributed by atoms with Crippen molar-refractivity contribution in [3.05, 3.63) is 86.8 Å². The molecule has 5 rings (SSSR count). The molecule has 6 nitrogen and oxygen atoms in total. The molecule has 1 atom stereocenters. The molecule has 186 valence electrons. The highest BCUT2D eigenvalue weighted by Crippen LogP contribution is 2.46. The third kappa shape index (κ3) is 4.29. The highest BCUT2D eigenvalue weighted by atomic mass is 79.9. The van der Waals surface area contributed by atoms with Gasteiger partial charge in [0.1, 0.15) is 11.2 Å². The van der Waals surface area contributed by atoms with Crippen LogP contribution in [0.25, 0.3) is 0 Å². The van der Waals surface area contributed by atoms with Crippen molar-refractivity contribution < 1.29 is 14.3 Å². The summed E-state index contributed by atoms with van der Waals surface area (Å²) in [6.45, 7) is 5.16. The maximum atomic E-state index is 14.4. The predicted molar refractivity (Wildman–Crippen MR) is 147 cm³/mol. The number of carbonyl (C=O) groups excluding carboxylic acids is 2. The molecule has 3 aromatic rings. The number of ketones is 1. The molecule has 2 aliphatic rings. The van der Waals surface area contributed by atoms with Crippen LogP contribution in [0, 0.1) is 0 Å². The van der Waals surface area contributed by atoms with Crippen LogP contribution in [0.4, 0.5) is 11.4 Å². The number of anilines is 2. The molecular formula is C28H27BrClN3O3. The SMILES string of the molecule is COc1ccc(C2(C)C(=O)c3c(N4CCNCC4)cc(Cl)cc3N(Cc3cccc(Br)c3)C2=O)cc1. The van der Waals surface area contributed by atoms with Crippen LogP contribution in [0.1, 0.15) is 28.4 Å². The van der Waals surface area contributed by atoms with Gasteiger partial charge in [-0.3, -0.25) is 9.59 Å². The van der Waals surface area contributed by atoms with Crippen LogP contribution >= 0.6 is 27.5 Å². The summed E-state index contributed by atoms with van der Waals surface area (Å²) in [6.07, 6.45) is 0. The lowest BCUT2D eigenvalue weighted by Crippen LogP contribution is -2.55.